The summed E-state index contributed by atoms with van der Waals surface area (Å²) in [5.41, 5.74) is 0. The van der Waals surface area contributed by atoms with Gasteiger partial charge >= 0.3 is 0 Å². The Morgan fingerprint density at radius 3 is 0.702 bits per heavy atom. The van der Waals surface area contributed by atoms with Gasteiger partial charge in [0.2, 0.25) is 0 Å². The Balaban J connectivity index is 0.000000245. The summed E-state index contributed by atoms with van der Waals surface area (Å²) in [4.78, 5) is 25.2. The molecule has 5 aliphatic rings. The van der Waals surface area contributed by atoms with E-state index in [2.05, 4.69) is 118 Å². The average Bonchev–Trinajstić information content (AvgIpc) is 3.54. The van der Waals surface area contributed by atoms with Crippen LogP contribution in [0.25, 0.3) is 0 Å². The first-order valence-electron chi connectivity index (χ1n) is 23.3. The van der Waals surface area contributed by atoms with E-state index in [1.165, 1.54) is 170 Å². The third-order valence-electron chi connectivity index (χ3n) is 12.4. The topological polar surface area (TPSA) is 92.5 Å². The molecule has 0 aromatic rings. The molecule has 0 aromatic heterocycles. The zero-order chi connectivity index (χ0) is 40.8. The minimum atomic E-state index is 1.10. The first-order chi connectivity index (χ1) is 27.8. The quantitative estimate of drug-likeness (QED) is 0.180. The van der Waals surface area contributed by atoms with Crippen LogP contribution in [-0.4, -0.2) is 314 Å². The summed E-state index contributed by atoms with van der Waals surface area (Å²) in [5, 5.41) is 17.4. The van der Waals surface area contributed by atoms with Crippen molar-refractivity contribution in [2.45, 2.75) is 12.8 Å². The summed E-state index contributed by atoms with van der Waals surface area (Å²) >= 11 is 0. The van der Waals surface area contributed by atoms with Crippen LogP contribution in [0.15, 0.2) is 0 Å². The number of hydrogen-bond acceptors (Lipinski definition) is 15. The molecule has 15 heteroatoms. The number of nitrogens with one attached hydrogen (secondary N) is 5. The van der Waals surface area contributed by atoms with Crippen LogP contribution < -0.4 is 26.6 Å². The largest absolute Gasteiger partial charge is 0.314 e. The second-order valence-electron chi connectivity index (χ2n) is 17.6. The first-order valence-corrected chi connectivity index (χ1v) is 23.3. The minimum Gasteiger partial charge on any atom is -0.314 e. The van der Waals surface area contributed by atoms with Crippen molar-refractivity contribution in [2.24, 2.45) is 0 Å². The van der Waals surface area contributed by atoms with E-state index in [9.17, 15) is 0 Å². The lowest BCUT2D eigenvalue weighted by molar-refractivity contribution is 0.197. The van der Waals surface area contributed by atoms with Gasteiger partial charge in [-0.1, -0.05) is 0 Å². The fourth-order valence-electron chi connectivity index (χ4n) is 7.79. The lowest BCUT2D eigenvalue weighted by atomic mass is 10.3. The summed E-state index contributed by atoms with van der Waals surface area (Å²) in [6, 6.07) is 0. The molecular formula is C42H95N15. The highest BCUT2D eigenvalue weighted by Gasteiger charge is 2.15. The normalized spacial score (nSPS) is 25.8. The first kappa shape index (κ1) is 50.8. The van der Waals surface area contributed by atoms with Gasteiger partial charge in [-0.25, -0.2) is 0 Å². The van der Waals surface area contributed by atoms with Crippen molar-refractivity contribution in [3.05, 3.63) is 0 Å². The molecule has 5 heterocycles. The van der Waals surface area contributed by atoms with Crippen LogP contribution in [-0.2, 0) is 0 Å². The Hall–Kier alpha value is -0.600. The average molecular weight is 810 g/mol. The van der Waals surface area contributed by atoms with Gasteiger partial charge < -0.3 is 75.6 Å². The van der Waals surface area contributed by atoms with E-state index in [0.29, 0.717) is 0 Å². The molecule has 338 valence electrons. The standard InChI is InChI=1S/C19H42N6.C15H34N6.C8H19N3/c1-20-8-9-21(2)13-17-24(16-12-20)6-5-7-25-18-14-22(3)10-11-23(4)15-19-25;1(10-20-12-6-16-2-3-17-7-13-20)11-21-14-8-18-4-5-19-9-15-21;1-10-5-3-9-4-6-11(2)8-7-10/h5-19H2,1-4H3;16-19H,1-15H2;9H,3-8H2,1-2H3. The maximum Gasteiger partial charge on any atom is 0.0110 e. The molecule has 0 spiro atoms. The van der Waals surface area contributed by atoms with E-state index in [0.717, 1.165) is 65.4 Å². The van der Waals surface area contributed by atoms with E-state index in [-0.39, 0.29) is 0 Å². The molecule has 0 atom stereocenters. The second-order valence-corrected chi connectivity index (χ2v) is 17.6. The third-order valence-corrected chi connectivity index (χ3v) is 12.4. The van der Waals surface area contributed by atoms with Crippen LogP contribution in [0.4, 0.5) is 0 Å². The van der Waals surface area contributed by atoms with Crippen molar-refractivity contribution in [3.8, 4) is 0 Å². The highest BCUT2D eigenvalue weighted by atomic mass is 15.3. The molecule has 0 radical (unpaired) electrons. The molecule has 0 aliphatic carbocycles. The van der Waals surface area contributed by atoms with E-state index in [1.54, 1.807) is 0 Å². The summed E-state index contributed by atoms with van der Waals surface area (Å²) in [5.74, 6) is 0. The number of hydrogen-bond donors (Lipinski definition) is 5. The van der Waals surface area contributed by atoms with E-state index < -0.39 is 0 Å². The summed E-state index contributed by atoms with van der Waals surface area (Å²) in [7, 11) is 13.4. The van der Waals surface area contributed by atoms with Crippen LogP contribution in [0.5, 0.6) is 0 Å². The Kier molecular flexibility index (Phi) is 29.5. The fraction of sp³-hybridized carbons (Fsp3) is 1.00. The van der Waals surface area contributed by atoms with Gasteiger partial charge in [0.05, 0.1) is 0 Å². The Bertz CT molecular complexity index is 805. The molecular weight excluding hydrogens is 715 g/mol. The molecule has 0 unspecified atom stereocenters. The van der Waals surface area contributed by atoms with Crippen molar-refractivity contribution in [2.75, 3.05) is 265 Å². The van der Waals surface area contributed by atoms with Gasteiger partial charge in [-0.3, -0.25) is 0 Å². The van der Waals surface area contributed by atoms with Gasteiger partial charge in [0, 0.05) is 196 Å². The van der Waals surface area contributed by atoms with Crippen molar-refractivity contribution in [1.29, 1.82) is 0 Å². The van der Waals surface area contributed by atoms with Gasteiger partial charge in [0.15, 0.2) is 0 Å². The van der Waals surface area contributed by atoms with Crippen molar-refractivity contribution in [1.82, 2.24) is 75.6 Å². The third kappa shape index (κ3) is 27.1. The van der Waals surface area contributed by atoms with Gasteiger partial charge in [-0.15, -0.1) is 0 Å². The zero-order valence-corrected chi connectivity index (χ0v) is 38.4. The maximum atomic E-state index is 3.49. The maximum absolute atomic E-state index is 3.49. The van der Waals surface area contributed by atoms with Crippen molar-refractivity contribution < 1.29 is 0 Å². The fourth-order valence-corrected chi connectivity index (χ4v) is 7.79. The molecule has 0 aromatic carbocycles. The Labute approximate surface area is 352 Å². The lowest BCUT2D eigenvalue weighted by Crippen LogP contribution is -2.39. The van der Waals surface area contributed by atoms with Crippen molar-refractivity contribution >= 4 is 0 Å². The Morgan fingerprint density at radius 2 is 0.421 bits per heavy atom. The predicted molar refractivity (Wildman–Crippen MR) is 244 cm³/mol. The second kappa shape index (κ2) is 33.1. The van der Waals surface area contributed by atoms with Crippen LogP contribution in [0.1, 0.15) is 12.8 Å². The molecule has 5 fully saturated rings. The molecule has 57 heavy (non-hydrogen) atoms. The molecule has 5 saturated heterocycles. The van der Waals surface area contributed by atoms with Gasteiger partial charge in [-0.05, 0) is 81.3 Å². The highest BCUT2D eigenvalue weighted by molar-refractivity contribution is 4.73. The molecule has 0 amide bonds. The Morgan fingerprint density at radius 1 is 0.228 bits per heavy atom. The number of rotatable bonds is 8. The monoisotopic (exact) mass is 810 g/mol. The van der Waals surface area contributed by atoms with Gasteiger partial charge in [0.25, 0.3) is 0 Å². The minimum absolute atomic E-state index is 1.10. The zero-order valence-electron chi connectivity index (χ0n) is 38.4. The SMILES string of the molecule is C(CN1CCNCCNCC1)CN1CCNCCNCC1.CN1CCN(C)CCN(CCCN2CCN(C)CCN(C)CC2)CC1.CN1CCNCCN(C)CC1. The van der Waals surface area contributed by atoms with E-state index >= 15 is 0 Å². The smallest absolute Gasteiger partial charge is 0.0110 e. The van der Waals surface area contributed by atoms with E-state index in [4.69, 9.17) is 0 Å². The number of likely N-dealkylation sites (N-methyl/N-ethyl adjacent to an activating group) is 6. The van der Waals surface area contributed by atoms with Crippen LogP contribution in [0.2, 0.25) is 0 Å². The highest BCUT2D eigenvalue weighted by Crippen LogP contribution is 2.03. The lowest BCUT2D eigenvalue weighted by Gasteiger charge is -2.27. The molecule has 0 saturated carbocycles. The van der Waals surface area contributed by atoms with E-state index in [1.807, 2.05) is 0 Å². The number of nitrogens with zero attached hydrogens (tertiary/aromatic N) is 10. The van der Waals surface area contributed by atoms with Crippen LogP contribution in [0.3, 0.4) is 0 Å². The van der Waals surface area contributed by atoms with Gasteiger partial charge in [0.1, 0.15) is 0 Å². The molecule has 5 N–H and O–H groups in total. The molecule has 5 rings (SSSR count). The van der Waals surface area contributed by atoms with Crippen molar-refractivity contribution in [3.63, 3.8) is 0 Å². The molecule has 5 aliphatic heterocycles. The van der Waals surface area contributed by atoms with Gasteiger partial charge in [-0.2, -0.15) is 0 Å². The summed E-state index contributed by atoms with van der Waals surface area (Å²) in [6.07, 6.45) is 2.57. The summed E-state index contributed by atoms with van der Waals surface area (Å²) < 4.78 is 0. The summed E-state index contributed by atoms with van der Waals surface area (Å²) in [6.45, 7) is 40.0. The molecule has 15 nitrogen and oxygen atoms in total. The molecule has 0 bridgehead atoms. The predicted octanol–water partition coefficient (Wildman–Crippen LogP) is -2.45. The van der Waals surface area contributed by atoms with Crippen LogP contribution >= 0.6 is 0 Å². The van der Waals surface area contributed by atoms with Crippen LogP contribution in [0, 0.1) is 0 Å².